The van der Waals surface area contributed by atoms with Crippen LogP contribution in [0.3, 0.4) is 0 Å². The molecule has 31 heavy (non-hydrogen) atoms. The molecule has 0 bridgehead atoms. The molecule has 0 N–H and O–H groups in total. The quantitative estimate of drug-likeness (QED) is 0.623. The van der Waals surface area contributed by atoms with Crippen molar-refractivity contribution < 1.29 is 9.53 Å². The monoisotopic (exact) mass is 420 g/mol. The average molecular weight is 421 g/mol. The van der Waals surface area contributed by atoms with E-state index in [0.717, 1.165) is 37.2 Å². The predicted molar refractivity (Wildman–Crippen MR) is 122 cm³/mol. The Labute approximate surface area is 184 Å². The number of aromatic nitrogens is 3. The van der Waals surface area contributed by atoms with Crippen LogP contribution in [0.5, 0.6) is 5.88 Å². The Kier molecular flexibility index (Phi) is 5.99. The minimum absolute atomic E-state index is 0.0169. The molecule has 1 aromatic carbocycles. The number of likely N-dealkylation sites (tertiary alicyclic amines) is 1. The van der Waals surface area contributed by atoms with E-state index in [0.29, 0.717) is 24.8 Å². The second-order valence-corrected chi connectivity index (χ2v) is 9.60. The summed E-state index contributed by atoms with van der Waals surface area (Å²) < 4.78 is 7.97. The minimum atomic E-state index is -0.0169. The number of para-hydroxylation sites is 1. The lowest BCUT2D eigenvalue weighted by Gasteiger charge is -2.31. The molecule has 4 rings (SSSR count). The van der Waals surface area contributed by atoms with Crippen LogP contribution in [0.2, 0.25) is 0 Å². The SMILES string of the molecule is Cn1cc(CC(=O)N2CCC(COc3ccc(C(C)(C)C)nn3)CC2)c2ccccc21. The van der Waals surface area contributed by atoms with E-state index in [1.54, 1.807) is 0 Å². The maximum absolute atomic E-state index is 12.9. The first kappa shape index (κ1) is 21.3. The molecule has 3 aromatic rings. The molecule has 164 valence electrons. The summed E-state index contributed by atoms with van der Waals surface area (Å²) in [4.78, 5) is 14.9. The Balaban J connectivity index is 1.27. The molecule has 2 aromatic heterocycles. The first-order valence-corrected chi connectivity index (χ1v) is 11.1. The van der Waals surface area contributed by atoms with Crippen molar-refractivity contribution in [1.29, 1.82) is 0 Å². The van der Waals surface area contributed by atoms with E-state index in [2.05, 4.69) is 53.9 Å². The molecule has 1 aliphatic rings. The minimum Gasteiger partial charge on any atom is -0.476 e. The molecular formula is C25H32N4O2. The lowest BCUT2D eigenvalue weighted by molar-refractivity contribution is -0.132. The molecular weight excluding hydrogens is 388 g/mol. The van der Waals surface area contributed by atoms with E-state index in [1.807, 2.05) is 36.2 Å². The highest BCUT2D eigenvalue weighted by Crippen LogP contribution is 2.24. The number of fused-ring (bicyclic) bond motifs is 1. The summed E-state index contributed by atoms with van der Waals surface area (Å²) in [5.74, 6) is 1.22. The van der Waals surface area contributed by atoms with Gasteiger partial charge in [-0.3, -0.25) is 4.79 Å². The van der Waals surface area contributed by atoms with Crippen molar-refractivity contribution in [1.82, 2.24) is 19.7 Å². The van der Waals surface area contributed by atoms with Crippen LogP contribution in [0.4, 0.5) is 0 Å². The Hall–Kier alpha value is -2.89. The van der Waals surface area contributed by atoms with Gasteiger partial charge in [-0.05, 0) is 36.5 Å². The number of piperidine rings is 1. The normalized spacial score (nSPS) is 15.4. The van der Waals surface area contributed by atoms with Crippen LogP contribution in [0, 0.1) is 5.92 Å². The summed E-state index contributed by atoms with van der Waals surface area (Å²) in [6.07, 6.45) is 4.44. The van der Waals surface area contributed by atoms with Crippen LogP contribution in [-0.2, 0) is 23.7 Å². The molecule has 1 fully saturated rings. The first-order chi connectivity index (χ1) is 14.8. The van der Waals surface area contributed by atoms with Crippen LogP contribution < -0.4 is 4.74 Å². The second kappa shape index (κ2) is 8.69. The predicted octanol–water partition coefficient (Wildman–Crippen LogP) is 4.13. The summed E-state index contributed by atoms with van der Waals surface area (Å²) in [6, 6.07) is 12.1. The molecule has 1 saturated heterocycles. The fourth-order valence-corrected chi connectivity index (χ4v) is 4.19. The van der Waals surface area contributed by atoms with Gasteiger partial charge >= 0.3 is 0 Å². The van der Waals surface area contributed by atoms with Gasteiger partial charge < -0.3 is 14.2 Å². The van der Waals surface area contributed by atoms with Crippen LogP contribution in [0.25, 0.3) is 10.9 Å². The van der Waals surface area contributed by atoms with E-state index >= 15 is 0 Å². The number of hydrogen-bond acceptors (Lipinski definition) is 4. The Morgan fingerprint density at radius 2 is 1.84 bits per heavy atom. The van der Waals surface area contributed by atoms with Crippen molar-refractivity contribution in [2.75, 3.05) is 19.7 Å². The summed E-state index contributed by atoms with van der Waals surface area (Å²) in [5, 5.41) is 9.66. The molecule has 0 radical (unpaired) electrons. The highest BCUT2D eigenvalue weighted by Gasteiger charge is 2.24. The van der Waals surface area contributed by atoms with E-state index in [4.69, 9.17) is 4.74 Å². The maximum Gasteiger partial charge on any atom is 0.233 e. The first-order valence-electron chi connectivity index (χ1n) is 11.1. The molecule has 0 spiro atoms. The van der Waals surface area contributed by atoms with Gasteiger partial charge in [0.05, 0.1) is 18.7 Å². The van der Waals surface area contributed by atoms with Gasteiger partial charge in [0.25, 0.3) is 0 Å². The zero-order valence-corrected chi connectivity index (χ0v) is 19.0. The van der Waals surface area contributed by atoms with Gasteiger partial charge in [0.2, 0.25) is 11.8 Å². The van der Waals surface area contributed by atoms with Gasteiger partial charge in [-0.25, -0.2) is 0 Å². The van der Waals surface area contributed by atoms with Crippen molar-refractivity contribution in [2.24, 2.45) is 13.0 Å². The number of nitrogens with zero attached hydrogens (tertiary/aromatic N) is 4. The number of carbonyl (C=O) groups is 1. The van der Waals surface area contributed by atoms with E-state index in [-0.39, 0.29) is 11.3 Å². The lowest BCUT2D eigenvalue weighted by atomic mass is 9.92. The topological polar surface area (TPSA) is 60.2 Å². The lowest BCUT2D eigenvalue weighted by Crippen LogP contribution is -2.40. The molecule has 0 unspecified atom stereocenters. The highest BCUT2D eigenvalue weighted by molar-refractivity contribution is 5.89. The number of carbonyl (C=O) groups excluding carboxylic acids is 1. The van der Waals surface area contributed by atoms with Crippen LogP contribution in [0.1, 0.15) is 44.9 Å². The molecule has 6 nitrogen and oxygen atoms in total. The Bertz CT molecular complexity index is 1040. The van der Waals surface area contributed by atoms with Crippen molar-refractivity contribution in [2.45, 2.75) is 45.4 Å². The standard InChI is InChI=1S/C25H32N4O2/c1-25(2,3)22-9-10-23(27-26-22)31-17-18-11-13-29(14-12-18)24(30)15-19-16-28(4)21-8-6-5-7-20(19)21/h5-10,16,18H,11-15,17H2,1-4H3. The Morgan fingerprint density at radius 1 is 1.10 bits per heavy atom. The molecule has 6 heteroatoms. The summed E-state index contributed by atoms with van der Waals surface area (Å²) in [6.45, 7) is 8.54. The van der Waals surface area contributed by atoms with E-state index in [1.165, 1.54) is 10.9 Å². The molecule has 0 aliphatic carbocycles. The molecule has 0 saturated carbocycles. The van der Waals surface area contributed by atoms with Gasteiger partial charge in [-0.2, -0.15) is 5.10 Å². The molecule has 3 heterocycles. The fourth-order valence-electron chi connectivity index (χ4n) is 4.19. The summed E-state index contributed by atoms with van der Waals surface area (Å²) in [5.41, 5.74) is 3.21. The number of amides is 1. The van der Waals surface area contributed by atoms with Gasteiger partial charge in [0.1, 0.15) is 0 Å². The molecule has 1 aliphatic heterocycles. The Morgan fingerprint density at radius 3 is 2.52 bits per heavy atom. The summed E-state index contributed by atoms with van der Waals surface area (Å²) >= 11 is 0. The van der Waals surface area contributed by atoms with Crippen LogP contribution in [0.15, 0.2) is 42.6 Å². The number of benzene rings is 1. The zero-order chi connectivity index (χ0) is 22.0. The number of rotatable bonds is 5. The third-order valence-corrected chi connectivity index (χ3v) is 6.16. The number of hydrogen-bond donors (Lipinski definition) is 0. The van der Waals surface area contributed by atoms with Crippen LogP contribution >= 0.6 is 0 Å². The number of ether oxygens (including phenoxy) is 1. The highest BCUT2D eigenvalue weighted by atomic mass is 16.5. The van der Waals surface area contributed by atoms with Crippen molar-refractivity contribution in [3.8, 4) is 5.88 Å². The molecule has 1 amide bonds. The number of aryl methyl sites for hydroxylation is 1. The largest absolute Gasteiger partial charge is 0.476 e. The third kappa shape index (κ3) is 4.89. The van der Waals surface area contributed by atoms with Crippen molar-refractivity contribution >= 4 is 16.8 Å². The van der Waals surface area contributed by atoms with Gasteiger partial charge in [-0.15, -0.1) is 5.10 Å². The van der Waals surface area contributed by atoms with Crippen molar-refractivity contribution in [3.63, 3.8) is 0 Å². The summed E-state index contributed by atoms with van der Waals surface area (Å²) in [7, 11) is 2.03. The van der Waals surface area contributed by atoms with E-state index < -0.39 is 0 Å². The van der Waals surface area contributed by atoms with Gasteiger partial charge in [0.15, 0.2) is 0 Å². The van der Waals surface area contributed by atoms with Crippen molar-refractivity contribution in [3.05, 3.63) is 53.9 Å². The average Bonchev–Trinajstić information content (AvgIpc) is 3.08. The maximum atomic E-state index is 12.9. The van der Waals surface area contributed by atoms with Crippen LogP contribution in [-0.4, -0.2) is 45.3 Å². The zero-order valence-electron chi connectivity index (χ0n) is 19.0. The smallest absolute Gasteiger partial charge is 0.233 e. The fraction of sp³-hybridized carbons (Fsp3) is 0.480. The van der Waals surface area contributed by atoms with Gasteiger partial charge in [-0.1, -0.05) is 39.0 Å². The van der Waals surface area contributed by atoms with Gasteiger partial charge in [0, 0.05) is 48.7 Å². The third-order valence-electron chi connectivity index (χ3n) is 6.16. The van der Waals surface area contributed by atoms with E-state index in [9.17, 15) is 4.79 Å². The second-order valence-electron chi connectivity index (χ2n) is 9.60. The molecule has 0 atom stereocenters.